The smallest absolute Gasteiger partial charge is 0.159 e. The average Bonchev–Trinajstić information content (AvgIpc) is 2.70. The van der Waals surface area contributed by atoms with E-state index in [0.29, 0.717) is 19.8 Å². The molecule has 4 nitrogen and oxygen atoms in total. The van der Waals surface area contributed by atoms with Gasteiger partial charge in [0.15, 0.2) is 6.29 Å². The van der Waals surface area contributed by atoms with Crippen molar-refractivity contribution in [1.82, 2.24) is 0 Å². The molecule has 1 fully saturated rings. The Labute approximate surface area is 162 Å². The van der Waals surface area contributed by atoms with Gasteiger partial charge in [-0.25, -0.2) is 0 Å². The second-order valence-electron chi connectivity index (χ2n) is 7.37. The fourth-order valence-electron chi connectivity index (χ4n) is 3.64. The van der Waals surface area contributed by atoms with Crippen molar-refractivity contribution in [3.63, 3.8) is 0 Å². The minimum atomic E-state index is -0.805. The van der Waals surface area contributed by atoms with Gasteiger partial charge in [0.05, 0.1) is 25.4 Å². The lowest BCUT2D eigenvalue weighted by Crippen LogP contribution is -2.50. The summed E-state index contributed by atoms with van der Waals surface area (Å²) in [5.41, 5.74) is 2.30. The van der Waals surface area contributed by atoms with E-state index in [1.54, 1.807) is 0 Å². The summed E-state index contributed by atoms with van der Waals surface area (Å²) in [6, 6.07) is 20.3. The Kier molecular flexibility index (Phi) is 7.41. The molecule has 2 aromatic carbocycles. The van der Waals surface area contributed by atoms with E-state index in [0.717, 1.165) is 17.5 Å². The second-order valence-corrected chi connectivity index (χ2v) is 7.37. The van der Waals surface area contributed by atoms with E-state index < -0.39 is 6.29 Å². The molecule has 1 N–H and O–H groups in total. The van der Waals surface area contributed by atoms with Crippen molar-refractivity contribution in [2.24, 2.45) is 11.8 Å². The maximum Gasteiger partial charge on any atom is 0.159 e. The molecule has 1 saturated heterocycles. The van der Waals surface area contributed by atoms with E-state index in [1.165, 1.54) is 0 Å². The monoisotopic (exact) mass is 370 g/mol. The summed E-state index contributed by atoms with van der Waals surface area (Å²) < 4.78 is 17.8. The van der Waals surface area contributed by atoms with Crippen molar-refractivity contribution in [2.45, 2.75) is 52.0 Å². The van der Waals surface area contributed by atoms with Gasteiger partial charge < -0.3 is 19.3 Å². The number of hydrogen-bond donors (Lipinski definition) is 1. The zero-order chi connectivity index (χ0) is 19.1. The van der Waals surface area contributed by atoms with Crippen LogP contribution in [0.5, 0.6) is 0 Å². The van der Waals surface area contributed by atoms with Crippen LogP contribution in [-0.2, 0) is 27.4 Å². The van der Waals surface area contributed by atoms with Gasteiger partial charge in [-0.15, -0.1) is 0 Å². The molecule has 0 saturated carbocycles. The normalized spacial score (nSPS) is 28.2. The molecule has 0 bridgehead atoms. The topological polar surface area (TPSA) is 47.9 Å². The van der Waals surface area contributed by atoms with Crippen LogP contribution in [0.25, 0.3) is 0 Å². The number of aliphatic hydroxyl groups excluding tert-OH is 1. The van der Waals surface area contributed by atoms with Crippen LogP contribution in [0.4, 0.5) is 0 Å². The molecule has 1 unspecified atom stereocenters. The maximum atomic E-state index is 10.3. The maximum absolute atomic E-state index is 10.3. The largest absolute Gasteiger partial charge is 0.377 e. The molecule has 5 atom stereocenters. The van der Waals surface area contributed by atoms with Crippen molar-refractivity contribution in [3.8, 4) is 0 Å². The first kappa shape index (κ1) is 20.0. The SMILES string of the molecule is C[C@@H]1[C@H](OCc2ccccc2)[C@H](C)C(O)O[C@@H]1CCOCc1ccccc1. The molecule has 1 heterocycles. The summed E-state index contributed by atoms with van der Waals surface area (Å²) in [6.07, 6.45) is -0.190. The first-order valence-electron chi connectivity index (χ1n) is 9.76. The highest BCUT2D eigenvalue weighted by atomic mass is 16.6. The molecule has 2 aromatic rings. The van der Waals surface area contributed by atoms with Crippen LogP contribution in [0.3, 0.4) is 0 Å². The summed E-state index contributed by atoms with van der Waals surface area (Å²) in [7, 11) is 0. The van der Waals surface area contributed by atoms with Gasteiger partial charge in [-0.3, -0.25) is 0 Å². The first-order chi connectivity index (χ1) is 13.1. The van der Waals surface area contributed by atoms with Crippen molar-refractivity contribution < 1.29 is 19.3 Å². The van der Waals surface area contributed by atoms with Crippen LogP contribution in [0.15, 0.2) is 60.7 Å². The van der Waals surface area contributed by atoms with Crippen LogP contribution < -0.4 is 0 Å². The lowest BCUT2D eigenvalue weighted by molar-refractivity contribution is -0.255. The molecule has 1 aliphatic heterocycles. The van der Waals surface area contributed by atoms with E-state index in [9.17, 15) is 5.11 Å². The van der Waals surface area contributed by atoms with Crippen molar-refractivity contribution in [2.75, 3.05) is 6.61 Å². The standard InChI is InChI=1S/C23H30O4/c1-17-21(13-14-25-15-19-9-5-3-6-10-19)27-23(24)18(2)22(17)26-16-20-11-7-4-8-12-20/h3-12,17-18,21-24H,13-16H2,1-2H3/t17-,18-,21+,22-,23?/m0/s1. The predicted octanol–water partition coefficient (Wildman–Crippen LogP) is 4.17. The van der Waals surface area contributed by atoms with Gasteiger partial charge in [-0.1, -0.05) is 74.5 Å². The molecule has 0 spiro atoms. The molecule has 3 rings (SSSR count). The molecule has 0 amide bonds. The summed E-state index contributed by atoms with van der Waals surface area (Å²) in [5.74, 6) is 0.123. The summed E-state index contributed by atoms with van der Waals surface area (Å²) in [5, 5.41) is 10.3. The van der Waals surface area contributed by atoms with E-state index in [1.807, 2.05) is 43.3 Å². The van der Waals surface area contributed by atoms with Gasteiger partial charge in [-0.2, -0.15) is 0 Å². The van der Waals surface area contributed by atoms with Crippen molar-refractivity contribution in [3.05, 3.63) is 71.8 Å². The molecular formula is C23H30O4. The Bertz CT molecular complexity index is 661. The number of ether oxygens (including phenoxy) is 3. The minimum Gasteiger partial charge on any atom is -0.377 e. The fourth-order valence-corrected chi connectivity index (χ4v) is 3.64. The summed E-state index contributed by atoms with van der Waals surface area (Å²) >= 11 is 0. The van der Waals surface area contributed by atoms with E-state index in [2.05, 4.69) is 31.2 Å². The lowest BCUT2D eigenvalue weighted by atomic mass is 9.84. The van der Waals surface area contributed by atoms with Crippen LogP contribution in [-0.4, -0.2) is 30.2 Å². The van der Waals surface area contributed by atoms with E-state index in [-0.39, 0.29) is 24.0 Å². The van der Waals surface area contributed by atoms with Gasteiger partial charge in [0.25, 0.3) is 0 Å². The summed E-state index contributed by atoms with van der Waals surface area (Å²) in [4.78, 5) is 0. The molecule has 1 aliphatic rings. The molecule has 146 valence electrons. The van der Waals surface area contributed by atoms with Crippen LogP contribution >= 0.6 is 0 Å². The molecular weight excluding hydrogens is 340 g/mol. The number of benzene rings is 2. The third kappa shape index (κ3) is 5.63. The Morgan fingerprint density at radius 2 is 1.44 bits per heavy atom. The van der Waals surface area contributed by atoms with Gasteiger partial charge in [0.1, 0.15) is 0 Å². The third-order valence-corrected chi connectivity index (χ3v) is 5.33. The molecule has 27 heavy (non-hydrogen) atoms. The second kappa shape index (κ2) is 10.00. The highest BCUT2D eigenvalue weighted by Gasteiger charge is 2.41. The highest BCUT2D eigenvalue weighted by molar-refractivity contribution is 5.14. The van der Waals surface area contributed by atoms with Gasteiger partial charge >= 0.3 is 0 Å². The Morgan fingerprint density at radius 1 is 0.852 bits per heavy atom. The lowest BCUT2D eigenvalue weighted by Gasteiger charge is -2.42. The highest BCUT2D eigenvalue weighted by Crippen LogP contribution is 2.33. The average molecular weight is 370 g/mol. The van der Waals surface area contributed by atoms with Gasteiger partial charge in [0.2, 0.25) is 0 Å². The van der Waals surface area contributed by atoms with Gasteiger partial charge in [-0.05, 0) is 17.5 Å². The molecule has 0 radical (unpaired) electrons. The predicted molar refractivity (Wildman–Crippen MR) is 105 cm³/mol. The van der Waals surface area contributed by atoms with Crippen molar-refractivity contribution >= 4 is 0 Å². The number of aliphatic hydroxyl groups is 1. The fraction of sp³-hybridized carbons (Fsp3) is 0.478. The zero-order valence-electron chi connectivity index (χ0n) is 16.2. The van der Waals surface area contributed by atoms with Crippen LogP contribution in [0, 0.1) is 11.8 Å². The Morgan fingerprint density at radius 3 is 2.07 bits per heavy atom. The zero-order valence-corrected chi connectivity index (χ0v) is 16.2. The Balaban J connectivity index is 1.49. The van der Waals surface area contributed by atoms with Crippen LogP contribution in [0.2, 0.25) is 0 Å². The van der Waals surface area contributed by atoms with Crippen LogP contribution in [0.1, 0.15) is 31.4 Å². The minimum absolute atomic E-state index is 0.0481. The van der Waals surface area contributed by atoms with E-state index >= 15 is 0 Å². The summed E-state index contributed by atoms with van der Waals surface area (Å²) in [6.45, 7) is 5.86. The number of rotatable bonds is 8. The number of hydrogen-bond acceptors (Lipinski definition) is 4. The molecule has 0 aliphatic carbocycles. The Hall–Kier alpha value is -1.72. The molecule has 4 heteroatoms. The quantitative estimate of drug-likeness (QED) is 0.709. The third-order valence-electron chi connectivity index (χ3n) is 5.33. The first-order valence-corrected chi connectivity index (χ1v) is 9.76. The van der Waals surface area contributed by atoms with E-state index in [4.69, 9.17) is 14.2 Å². The van der Waals surface area contributed by atoms with Gasteiger partial charge in [0, 0.05) is 18.4 Å². The molecule has 0 aromatic heterocycles. The van der Waals surface area contributed by atoms with Crippen molar-refractivity contribution in [1.29, 1.82) is 0 Å².